The molecule has 0 saturated carbocycles. The molecule has 0 atom stereocenters. The molecule has 3 N–H and O–H groups in total. The summed E-state index contributed by atoms with van der Waals surface area (Å²) in [4.78, 5) is 41.0. The molecule has 38 heavy (non-hydrogen) atoms. The molecular formula is C28H25BrClN5O3. The van der Waals surface area contributed by atoms with Crippen molar-refractivity contribution in [2.24, 2.45) is 5.73 Å². The molecular weight excluding hydrogens is 570 g/mol. The van der Waals surface area contributed by atoms with Crippen LogP contribution in [0.15, 0.2) is 82.1 Å². The monoisotopic (exact) mass is 593 g/mol. The summed E-state index contributed by atoms with van der Waals surface area (Å²) >= 11 is 9.71. The van der Waals surface area contributed by atoms with E-state index in [1.54, 1.807) is 28.8 Å². The smallest absolute Gasteiger partial charge is 0.333 e. The lowest BCUT2D eigenvalue weighted by Gasteiger charge is -2.28. The number of benzene rings is 3. The van der Waals surface area contributed by atoms with Crippen molar-refractivity contribution >= 4 is 39.3 Å². The zero-order valence-electron chi connectivity index (χ0n) is 20.4. The van der Waals surface area contributed by atoms with E-state index in [0.29, 0.717) is 54.7 Å². The van der Waals surface area contributed by atoms with E-state index < -0.39 is 5.91 Å². The van der Waals surface area contributed by atoms with E-state index in [1.807, 2.05) is 48.5 Å². The minimum atomic E-state index is -0.565. The molecule has 2 heterocycles. The molecule has 10 heteroatoms. The first-order chi connectivity index (χ1) is 18.3. The molecule has 0 aliphatic carbocycles. The predicted octanol–water partition coefficient (Wildman–Crippen LogP) is 4.10. The third kappa shape index (κ3) is 5.31. The molecule has 8 nitrogen and oxygen atoms in total. The van der Waals surface area contributed by atoms with Gasteiger partial charge in [0.15, 0.2) is 0 Å². The standard InChI is InChI=1S/C28H25BrClN5O3/c29-22-11-6-19(14-23(22)30)16-33-12-13-34-24(17-33)25(27(37)32-15-18-4-2-1-3-5-18)35(28(34)38)21-9-7-20(8-10-21)26(31)36/h1-11,14H,12-13,15-17H2,(H2,31,36)(H,32,37). The SMILES string of the molecule is NC(=O)c1ccc(-n2c(C(=O)NCc3ccccc3)c3n(c2=O)CCN(Cc2ccc(Br)c(Cl)c2)C3)cc1. The van der Waals surface area contributed by atoms with Crippen LogP contribution in [-0.4, -0.2) is 32.4 Å². The maximum absolute atomic E-state index is 13.6. The number of imidazole rings is 1. The maximum atomic E-state index is 13.6. The van der Waals surface area contributed by atoms with Crippen LogP contribution >= 0.6 is 27.5 Å². The molecule has 194 valence electrons. The Labute approximate surface area is 232 Å². The van der Waals surface area contributed by atoms with Gasteiger partial charge in [0.05, 0.1) is 16.4 Å². The maximum Gasteiger partial charge on any atom is 0.333 e. The van der Waals surface area contributed by atoms with Gasteiger partial charge < -0.3 is 11.1 Å². The molecule has 0 spiro atoms. The van der Waals surface area contributed by atoms with Gasteiger partial charge in [-0.05, 0) is 63.5 Å². The fraction of sp³-hybridized carbons (Fsp3) is 0.179. The van der Waals surface area contributed by atoms with E-state index >= 15 is 0 Å². The molecule has 1 aliphatic rings. The zero-order chi connectivity index (χ0) is 26.8. The summed E-state index contributed by atoms with van der Waals surface area (Å²) in [5, 5.41) is 3.60. The molecule has 0 unspecified atom stereocenters. The number of halogens is 2. The summed E-state index contributed by atoms with van der Waals surface area (Å²) in [5.74, 6) is -0.920. The van der Waals surface area contributed by atoms with Crippen LogP contribution in [0.4, 0.5) is 0 Å². The number of primary amides is 1. The van der Waals surface area contributed by atoms with Gasteiger partial charge in [-0.25, -0.2) is 4.79 Å². The minimum absolute atomic E-state index is 0.274. The lowest BCUT2D eigenvalue weighted by molar-refractivity contribution is 0.0938. The molecule has 0 bridgehead atoms. The summed E-state index contributed by atoms with van der Waals surface area (Å²) in [6.07, 6.45) is 0. The lowest BCUT2D eigenvalue weighted by Crippen LogP contribution is -2.37. The second-order valence-corrected chi connectivity index (χ2v) is 10.4. The van der Waals surface area contributed by atoms with Crippen LogP contribution < -0.4 is 16.7 Å². The van der Waals surface area contributed by atoms with Gasteiger partial charge in [0.25, 0.3) is 5.91 Å². The number of rotatable bonds is 7. The number of nitrogens with two attached hydrogens (primary N) is 1. The van der Waals surface area contributed by atoms with Gasteiger partial charge in [-0.3, -0.25) is 23.6 Å². The Kier molecular flexibility index (Phi) is 7.51. The average molecular weight is 595 g/mol. The Morgan fingerprint density at radius 3 is 2.39 bits per heavy atom. The van der Waals surface area contributed by atoms with E-state index in [0.717, 1.165) is 15.6 Å². The molecule has 1 aliphatic heterocycles. The number of nitrogens with zero attached hydrogens (tertiary/aromatic N) is 3. The van der Waals surface area contributed by atoms with Gasteiger partial charge in [-0.1, -0.05) is 48.0 Å². The van der Waals surface area contributed by atoms with Crippen molar-refractivity contribution in [3.63, 3.8) is 0 Å². The zero-order valence-corrected chi connectivity index (χ0v) is 22.7. The van der Waals surface area contributed by atoms with Gasteiger partial charge in [0, 0.05) is 42.8 Å². The highest BCUT2D eigenvalue weighted by molar-refractivity contribution is 9.10. The average Bonchev–Trinajstić information content (AvgIpc) is 3.21. The lowest BCUT2D eigenvalue weighted by atomic mass is 10.1. The predicted molar refractivity (Wildman–Crippen MR) is 149 cm³/mol. The number of nitrogens with one attached hydrogen (secondary N) is 1. The third-order valence-electron chi connectivity index (χ3n) is 6.57. The van der Waals surface area contributed by atoms with Crippen molar-refractivity contribution in [2.75, 3.05) is 6.54 Å². The topological polar surface area (TPSA) is 102 Å². The Morgan fingerprint density at radius 2 is 1.71 bits per heavy atom. The van der Waals surface area contributed by atoms with Crippen molar-refractivity contribution < 1.29 is 9.59 Å². The summed E-state index contributed by atoms with van der Waals surface area (Å²) in [5.41, 5.74) is 8.78. The van der Waals surface area contributed by atoms with E-state index in [-0.39, 0.29) is 17.3 Å². The molecule has 5 rings (SSSR count). The van der Waals surface area contributed by atoms with Gasteiger partial charge in [0.1, 0.15) is 5.69 Å². The van der Waals surface area contributed by atoms with Gasteiger partial charge in [-0.15, -0.1) is 0 Å². The van der Waals surface area contributed by atoms with Gasteiger partial charge in [-0.2, -0.15) is 0 Å². The van der Waals surface area contributed by atoms with Crippen molar-refractivity contribution in [3.8, 4) is 5.69 Å². The first-order valence-electron chi connectivity index (χ1n) is 12.0. The summed E-state index contributed by atoms with van der Waals surface area (Å²) < 4.78 is 3.90. The first kappa shape index (κ1) is 26.0. The van der Waals surface area contributed by atoms with E-state index in [9.17, 15) is 14.4 Å². The number of fused-ring (bicyclic) bond motifs is 1. The van der Waals surface area contributed by atoms with Crippen molar-refractivity contribution in [1.82, 2.24) is 19.4 Å². The molecule has 0 fully saturated rings. The van der Waals surface area contributed by atoms with Crippen LogP contribution in [0.2, 0.25) is 5.02 Å². The fourth-order valence-electron chi connectivity index (χ4n) is 4.65. The molecule has 1 aromatic heterocycles. The fourth-order valence-corrected chi connectivity index (χ4v) is 5.10. The Hall–Kier alpha value is -3.66. The molecule has 0 radical (unpaired) electrons. The number of carbonyl (C=O) groups is 2. The number of aromatic nitrogens is 2. The Morgan fingerprint density at radius 1 is 0.974 bits per heavy atom. The van der Waals surface area contributed by atoms with E-state index in [1.165, 1.54) is 4.57 Å². The van der Waals surface area contributed by atoms with Crippen molar-refractivity contribution in [2.45, 2.75) is 26.2 Å². The largest absolute Gasteiger partial charge is 0.366 e. The van der Waals surface area contributed by atoms with Gasteiger partial charge in [0.2, 0.25) is 5.91 Å². The second kappa shape index (κ2) is 11.0. The summed E-state index contributed by atoms with van der Waals surface area (Å²) in [6, 6.07) is 21.8. The van der Waals surface area contributed by atoms with Crippen LogP contribution in [-0.2, 0) is 26.2 Å². The van der Waals surface area contributed by atoms with Crippen molar-refractivity contribution in [3.05, 3.63) is 121 Å². The molecule has 3 aromatic carbocycles. The van der Waals surface area contributed by atoms with Crippen LogP contribution in [0, 0.1) is 0 Å². The van der Waals surface area contributed by atoms with Gasteiger partial charge >= 0.3 is 5.69 Å². The Balaban J connectivity index is 1.51. The highest BCUT2D eigenvalue weighted by Gasteiger charge is 2.30. The Bertz CT molecular complexity index is 1560. The quantitative estimate of drug-likeness (QED) is 0.336. The first-order valence-corrected chi connectivity index (χ1v) is 13.2. The molecule has 2 amide bonds. The highest BCUT2D eigenvalue weighted by atomic mass is 79.9. The number of carbonyl (C=O) groups excluding carboxylic acids is 2. The van der Waals surface area contributed by atoms with Crippen molar-refractivity contribution in [1.29, 1.82) is 0 Å². The molecule has 0 saturated heterocycles. The molecule has 4 aromatic rings. The highest BCUT2D eigenvalue weighted by Crippen LogP contribution is 2.26. The van der Waals surface area contributed by atoms with E-state index in [2.05, 4.69) is 26.1 Å². The van der Waals surface area contributed by atoms with Crippen LogP contribution in [0.25, 0.3) is 5.69 Å². The number of hydrogen-bond donors (Lipinski definition) is 2. The van der Waals surface area contributed by atoms with Crippen LogP contribution in [0.3, 0.4) is 0 Å². The second-order valence-electron chi connectivity index (χ2n) is 9.10. The number of amides is 2. The third-order valence-corrected chi connectivity index (χ3v) is 7.80. The number of hydrogen-bond acceptors (Lipinski definition) is 4. The van der Waals surface area contributed by atoms with E-state index in [4.69, 9.17) is 17.3 Å². The normalized spacial score (nSPS) is 13.2. The minimum Gasteiger partial charge on any atom is -0.366 e. The summed E-state index contributed by atoms with van der Waals surface area (Å²) in [7, 11) is 0. The van der Waals surface area contributed by atoms with Crippen LogP contribution in [0.1, 0.15) is 37.7 Å². The van der Waals surface area contributed by atoms with Crippen LogP contribution in [0.5, 0.6) is 0 Å². The summed E-state index contributed by atoms with van der Waals surface area (Å²) in [6.45, 7) is 2.41.